The van der Waals surface area contributed by atoms with Crippen LogP contribution in [0.4, 0.5) is 11.4 Å². The van der Waals surface area contributed by atoms with Crippen LogP contribution in [-0.4, -0.2) is 26.7 Å². The van der Waals surface area contributed by atoms with E-state index in [1.807, 2.05) is 13.0 Å². The zero-order valence-electron chi connectivity index (χ0n) is 10.2. The number of nitro benzene ring substituents is 1. The van der Waals surface area contributed by atoms with Crippen molar-refractivity contribution >= 4 is 22.2 Å². The Morgan fingerprint density at radius 3 is 2.61 bits per heavy atom. The number of hydrogen-bond acceptors (Lipinski definition) is 4. The van der Waals surface area contributed by atoms with Crippen molar-refractivity contribution < 1.29 is 9.13 Å². The first-order valence-electron chi connectivity index (χ1n) is 5.92. The molecule has 0 radical (unpaired) electrons. The van der Waals surface area contributed by atoms with Crippen molar-refractivity contribution in [2.45, 2.75) is 25.8 Å². The van der Waals surface area contributed by atoms with Crippen molar-refractivity contribution in [3.63, 3.8) is 0 Å². The Kier molecular flexibility index (Phi) is 3.96. The first-order valence-corrected chi connectivity index (χ1v) is 7.41. The molecule has 0 bridgehead atoms. The second kappa shape index (κ2) is 5.48. The lowest BCUT2D eigenvalue weighted by Crippen LogP contribution is -2.29. The lowest BCUT2D eigenvalue weighted by molar-refractivity contribution is -0.384. The molecule has 0 unspecified atom stereocenters. The first-order chi connectivity index (χ1) is 8.54. The molecular weight excluding hydrogens is 252 g/mol. The summed E-state index contributed by atoms with van der Waals surface area (Å²) < 4.78 is 11.3. The van der Waals surface area contributed by atoms with Crippen molar-refractivity contribution in [3.8, 4) is 0 Å². The summed E-state index contributed by atoms with van der Waals surface area (Å²) >= 11 is 0. The highest BCUT2D eigenvalue weighted by molar-refractivity contribution is 7.85. The van der Waals surface area contributed by atoms with Crippen LogP contribution >= 0.6 is 0 Å². The molecule has 1 aromatic rings. The van der Waals surface area contributed by atoms with Crippen LogP contribution < -0.4 is 5.32 Å². The summed E-state index contributed by atoms with van der Waals surface area (Å²) in [5, 5.41) is 14.1. The van der Waals surface area contributed by atoms with Crippen LogP contribution in [0.5, 0.6) is 0 Å². The maximum Gasteiger partial charge on any atom is 0.271 e. The monoisotopic (exact) mass is 268 g/mol. The predicted octanol–water partition coefficient (Wildman–Crippen LogP) is 2.23. The predicted molar refractivity (Wildman–Crippen MR) is 72.4 cm³/mol. The average molecular weight is 268 g/mol. The van der Waals surface area contributed by atoms with Gasteiger partial charge in [0.15, 0.2) is 0 Å². The molecule has 5 nitrogen and oxygen atoms in total. The number of aryl methyl sites for hydroxylation is 1. The third-order valence-electron chi connectivity index (χ3n) is 3.03. The van der Waals surface area contributed by atoms with Gasteiger partial charge in [-0.3, -0.25) is 14.3 Å². The quantitative estimate of drug-likeness (QED) is 0.674. The Morgan fingerprint density at radius 2 is 2.00 bits per heavy atom. The molecule has 1 aromatic carbocycles. The largest absolute Gasteiger partial charge is 0.382 e. The molecule has 1 heterocycles. The van der Waals surface area contributed by atoms with Gasteiger partial charge in [-0.1, -0.05) is 0 Å². The molecule has 0 atom stereocenters. The molecule has 1 saturated heterocycles. The van der Waals surface area contributed by atoms with Gasteiger partial charge in [0.05, 0.1) is 4.92 Å². The van der Waals surface area contributed by atoms with Crippen LogP contribution in [0, 0.1) is 17.0 Å². The highest BCUT2D eigenvalue weighted by Crippen LogP contribution is 2.23. The molecule has 6 heteroatoms. The summed E-state index contributed by atoms with van der Waals surface area (Å²) in [6, 6.07) is 5.28. The second-order valence-electron chi connectivity index (χ2n) is 4.58. The summed E-state index contributed by atoms with van der Waals surface area (Å²) in [6.07, 6.45) is 1.71. The summed E-state index contributed by atoms with van der Waals surface area (Å²) in [7, 11) is -0.683. The maximum absolute atomic E-state index is 11.3. The molecule has 98 valence electrons. The zero-order chi connectivity index (χ0) is 13.1. The molecule has 0 aliphatic carbocycles. The van der Waals surface area contributed by atoms with Crippen LogP contribution in [0.25, 0.3) is 0 Å². The highest BCUT2D eigenvalue weighted by Gasteiger charge is 2.18. The van der Waals surface area contributed by atoms with Gasteiger partial charge in [-0.25, -0.2) is 0 Å². The fourth-order valence-corrected chi connectivity index (χ4v) is 3.42. The number of benzene rings is 1. The molecule has 1 N–H and O–H groups in total. The minimum atomic E-state index is -0.683. The van der Waals surface area contributed by atoms with Gasteiger partial charge in [0.1, 0.15) is 0 Å². The molecule has 0 spiro atoms. The topological polar surface area (TPSA) is 72.2 Å². The van der Waals surface area contributed by atoms with Gasteiger partial charge in [0.25, 0.3) is 5.69 Å². The normalized spacial score (nSPS) is 23.6. The van der Waals surface area contributed by atoms with Gasteiger partial charge in [0, 0.05) is 46.2 Å². The number of nitrogens with zero attached hydrogens (tertiary/aromatic N) is 1. The molecule has 2 rings (SSSR count). The van der Waals surface area contributed by atoms with Crippen molar-refractivity contribution in [3.05, 3.63) is 33.9 Å². The van der Waals surface area contributed by atoms with Gasteiger partial charge in [-0.2, -0.15) is 0 Å². The fourth-order valence-electron chi connectivity index (χ4n) is 2.13. The SMILES string of the molecule is Cc1cc(NC2CCS(=O)CC2)cc([N+](=O)[O-])c1. The first kappa shape index (κ1) is 13.0. The van der Waals surface area contributed by atoms with Crippen LogP contribution in [0.2, 0.25) is 0 Å². The van der Waals surface area contributed by atoms with Crippen molar-refractivity contribution in [2.24, 2.45) is 0 Å². The van der Waals surface area contributed by atoms with Crippen LogP contribution in [0.3, 0.4) is 0 Å². The van der Waals surface area contributed by atoms with E-state index in [1.54, 1.807) is 12.1 Å². The number of rotatable bonds is 3. The molecule has 1 aliphatic heterocycles. The van der Waals surface area contributed by atoms with Crippen molar-refractivity contribution in [2.75, 3.05) is 16.8 Å². The molecule has 1 fully saturated rings. The van der Waals surface area contributed by atoms with E-state index in [9.17, 15) is 14.3 Å². The van der Waals surface area contributed by atoms with E-state index in [0.29, 0.717) is 11.5 Å². The minimum absolute atomic E-state index is 0.108. The van der Waals surface area contributed by atoms with Gasteiger partial charge < -0.3 is 5.32 Å². The smallest absolute Gasteiger partial charge is 0.271 e. The van der Waals surface area contributed by atoms with Crippen LogP contribution in [-0.2, 0) is 10.8 Å². The summed E-state index contributed by atoms with van der Waals surface area (Å²) in [5.74, 6) is 1.43. The second-order valence-corrected chi connectivity index (χ2v) is 6.28. The van der Waals surface area contributed by atoms with Gasteiger partial charge in [-0.15, -0.1) is 0 Å². The number of nitrogens with one attached hydrogen (secondary N) is 1. The zero-order valence-corrected chi connectivity index (χ0v) is 11.0. The van der Waals surface area contributed by atoms with E-state index in [2.05, 4.69) is 5.32 Å². The summed E-state index contributed by atoms with van der Waals surface area (Å²) in [5.41, 5.74) is 1.75. The number of nitro groups is 1. The Bertz CT molecular complexity index is 480. The highest BCUT2D eigenvalue weighted by atomic mass is 32.2. The van der Waals surface area contributed by atoms with E-state index >= 15 is 0 Å². The Morgan fingerprint density at radius 1 is 1.33 bits per heavy atom. The van der Waals surface area contributed by atoms with Gasteiger partial charge in [0.2, 0.25) is 0 Å². The third kappa shape index (κ3) is 3.29. The maximum atomic E-state index is 11.3. The average Bonchev–Trinajstić information content (AvgIpc) is 2.31. The lowest BCUT2D eigenvalue weighted by atomic mass is 10.1. The van der Waals surface area contributed by atoms with Crippen molar-refractivity contribution in [1.82, 2.24) is 0 Å². The van der Waals surface area contributed by atoms with Gasteiger partial charge in [-0.05, 0) is 31.4 Å². The molecule has 1 aliphatic rings. The van der Waals surface area contributed by atoms with E-state index in [-0.39, 0.29) is 16.7 Å². The van der Waals surface area contributed by atoms with E-state index in [4.69, 9.17) is 0 Å². The Labute approximate surface area is 108 Å². The summed E-state index contributed by atoms with van der Waals surface area (Å²) in [6.45, 7) is 1.84. The Hall–Kier alpha value is -1.43. The van der Waals surface area contributed by atoms with Crippen LogP contribution in [0.1, 0.15) is 18.4 Å². The fraction of sp³-hybridized carbons (Fsp3) is 0.500. The lowest BCUT2D eigenvalue weighted by Gasteiger charge is -2.23. The van der Waals surface area contributed by atoms with E-state index in [1.165, 1.54) is 0 Å². The van der Waals surface area contributed by atoms with E-state index in [0.717, 1.165) is 24.1 Å². The number of anilines is 1. The molecular formula is C12H16N2O3S. The number of hydrogen-bond donors (Lipinski definition) is 1. The molecule has 0 amide bonds. The third-order valence-corrected chi connectivity index (χ3v) is 4.41. The Balaban J connectivity index is 2.09. The van der Waals surface area contributed by atoms with Crippen LogP contribution in [0.15, 0.2) is 18.2 Å². The van der Waals surface area contributed by atoms with E-state index < -0.39 is 10.8 Å². The standard InChI is InChI=1S/C12H16N2O3S/c1-9-6-11(8-12(7-9)14(15)16)13-10-2-4-18(17)5-3-10/h6-8,10,13H,2-5H2,1H3. The van der Waals surface area contributed by atoms with Gasteiger partial charge >= 0.3 is 0 Å². The molecule has 18 heavy (non-hydrogen) atoms. The molecule has 0 saturated carbocycles. The molecule has 0 aromatic heterocycles. The van der Waals surface area contributed by atoms with Crippen molar-refractivity contribution in [1.29, 1.82) is 0 Å². The minimum Gasteiger partial charge on any atom is -0.382 e. The summed E-state index contributed by atoms with van der Waals surface area (Å²) in [4.78, 5) is 10.4. The number of non-ortho nitro benzene ring substituents is 1.